The Labute approximate surface area is 482 Å². The number of unbranched alkanes of at least 4 members (excludes halogenated alkanes) is 56. The average molecular weight is 1090 g/mol. The summed E-state index contributed by atoms with van der Waals surface area (Å²) in [6, 6.07) is 0. The number of carbonyl (C=O) groups is 3. The Morgan fingerprint density at radius 3 is 0.519 bits per heavy atom. The number of rotatable bonds is 67. The predicted octanol–water partition coefficient (Wildman–Crippen LogP) is 24.2. The Kier molecular flexibility index (Phi) is 65.5. The first-order valence-corrected chi connectivity index (χ1v) is 35.5. The van der Waals surface area contributed by atoms with Gasteiger partial charge in [-0.15, -0.1) is 0 Å². The average Bonchev–Trinajstić information content (AvgIpc) is 3.43. The fourth-order valence-corrected chi connectivity index (χ4v) is 11.3. The second kappa shape index (κ2) is 66.9. The summed E-state index contributed by atoms with van der Waals surface area (Å²) in [6.07, 6.45) is 78.5. The van der Waals surface area contributed by atoms with Crippen LogP contribution in [0.15, 0.2) is 0 Å². The molecule has 458 valence electrons. The van der Waals surface area contributed by atoms with E-state index in [2.05, 4.69) is 20.8 Å². The lowest BCUT2D eigenvalue weighted by Crippen LogP contribution is -2.30. The van der Waals surface area contributed by atoms with Crippen LogP contribution in [0.25, 0.3) is 0 Å². The smallest absolute Gasteiger partial charge is 0.306 e. The number of ether oxygens (including phenoxy) is 3. The molecular weight excluding hydrogens is 949 g/mol. The minimum atomic E-state index is -0.763. The van der Waals surface area contributed by atoms with E-state index in [0.717, 1.165) is 57.8 Å². The van der Waals surface area contributed by atoms with E-state index in [-0.39, 0.29) is 31.1 Å². The van der Waals surface area contributed by atoms with Crippen LogP contribution in [0, 0.1) is 0 Å². The maximum atomic E-state index is 12.9. The number of carbonyl (C=O) groups excluding carboxylic acids is 3. The topological polar surface area (TPSA) is 78.9 Å². The highest BCUT2D eigenvalue weighted by Gasteiger charge is 2.19. The van der Waals surface area contributed by atoms with E-state index in [4.69, 9.17) is 14.2 Å². The molecule has 0 saturated heterocycles. The molecule has 0 N–H and O–H groups in total. The molecule has 1 unspecified atom stereocenters. The van der Waals surface area contributed by atoms with E-state index in [1.807, 2.05) is 0 Å². The van der Waals surface area contributed by atoms with Crippen molar-refractivity contribution < 1.29 is 28.6 Å². The summed E-state index contributed by atoms with van der Waals surface area (Å²) < 4.78 is 17.0. The molecule has 0 aromatic heterocycles. The van der Waals surface area contributed by atoms with Gasteiger partial charge >= 0.3 is 17.9 Å². The molecule has 0 aliphatic rings. The van der Waals surface area contributed by atoms with Crippen molar-refractivity contribution in [2.45, 2.75) is 425 Å². The van der Waals surface area contributed by atoms with Crippen molar-refractivity contribution in [2.24, 2.45) is 0 Å². The molecule has 0 bridgehead atoms. The zero-order valence-electron chi connectivity index (χ0n) is 52.8. The van der Waals surface area contributed by atoms with Gasteiger partial charge in [0.2, 0.25) is 0 Å². The quantitative estimate of drug-likeness (QED) is 0.0343. The second-order valence-electron chi connectivity index (χ2n) is 24.5. The summed E-state index contributed by atoms with van der Waals surface area (Å²) in [6.45, 7) is 6.74. The monoisotopic (exact) mass is 1090 g/mol. The van der Waals surface area contributed by atoms with Gasteiger partial charge in [0.1, 0.15) is 13.2 Å². The Bertz CT molecular complexity index is 1160. The maximum absolute atomic E-state index is 12.9. The number of esters is 3. The van der Waals surface area contributed by atoms with Gasteiger partial charge in [-0.25, -0.2) is 0 Å². The van der Waals surface area contributed by atoms with Crippen LogP contribution in [0.4, 0.5) is 0 Å². The van der Waals surface area contributed by atoms with Crippen LogP contribution >= 0.6 is 0 Å². The summed E-state index contributed by atoms with van der Waals surface area (Å²) >= 11 is 0. The largest absolute Gasteiger partial charge is 0.462 e. The number of hydrogen-bond donors (Lipinski definition) is 0. The molecule has 0 rings (SSSR count). The van der Waals surface area contributed by atoms with Gasteiger partial charge in [0.25, 0.3) is 0 Å². The number of hydrogen-bond acceptors (Lipinski definition) is 6. The highest BCUT2D eigenvalue weighted by atomic mass is 16.6. The molecule has 0 aliphatic heterocycles. The summed E-state index contributed by atoms with van der Waals surface area (Å²) in [7, 11) is 0. The Hall–Kier alpha value is -1.59. The van der Waals surface area contributed by atoms with Gasteiger partial charge in [0.15, 0.2) is 6.10 Å². The van der Waals surface area contributed by atoms with E-state index in [1.54, 1.807) is 0 Å². The van der Waals surface area contributed by atoms with E-state index in [1.165, 1.54) is 321 Å². The van der Waals surface area contributed by atoms with Gasteiger partial charge in [-0.05, 0) is 19.3 Å². The lowest BCUT2D eigenvalue weighted by Gasteiger charge is -2.18. The lowest BCUT2D eigenvalue weighted by atomic mass is 10.0. The molecule has 0 aliphatic carbocycles. The van der Waals surface area contributed by atoms with Crippen molar-refractivity contribution in [3.8, 4) is 0 Å². The molecule has 0 saturated carbocycles. The first kappa shape index (κ1) is 75.4. The highest BCUT2D eigenvalue weighted by molar-refractivity contribution is 5.71. The maximum Gasteiger partial charge on any atom is 0.306 e. The summed E-state index contributed by atoms with van der Waals surface area (Å²) in [5.74, 6) is -0.820. The van der Waals surface area contributed by atoms with Gasteiger partial charge in [-0.3, -0.25) is 14.4 Å². The summed E-state index contributed by atoms with van der Waals surface area (Å²) in [5, 5.41) is 0. The van der Waals surface area contributed by atoms with Crippen LogP contribution in [0.2, 0.25) is 0 Å². The van der Waals surface area contributed by atoms with Crippen molar-refractivity contribution in [1.82, 2.24) is 0 Å². The van der Waals surface area contributed by atoms with Crippen molar-refractivity contribution in [3.63, 3.8) is 0 Å². The van der Waals surface area contributed by atoms with Crippen molar-refractivity contribution in [2.75, 3.05) is 13.2 Å². The third-order valence-corrected chi connectivity index (χ3v) is 16.6. The van der Waals surface area contributed by atoms with Crippen LogP contribution in [0.5, 0.6) is 0 Å². The molecule has 0 radical (unpaired) electrons. The Morgan fingerprint density at radius 1 is 0.208 bits per heavy atom. The minimum absolute atomic E-state index is 0.0602. The third-order valence-electron chi connectivity index (χ3n) is 16.6. The first-order chi connectivity index (χ1) is 38.0. The zero-order valence-corrected chi connectivity index (χ0v) is 52.8. The van der Waals surface area contributed by atoms with E-state index in [0.29, 0.717) is 19.3 Å². The highest BCUT2D eigenvalue weighted by Crippen LogP contribution is 2.19. The summed E-state index contributed by atoms with van der Waals surface area (Å²) in [4.78, 5) is 38.4. The molecule has 0 aromatic carbocycles. The van der Waals surface area contributed by atoms with Crippen LogP contribution in [0.1, 0.15) is 419 Å². The van der Waals surface area contributed by atoms with Gasteiger partial charge in [0, 0.05) is 19.3 Å². The van der Waals surface area contributed by atoms with Crippen molar-refractivity contribution in [1.29, 1.82) is 0 Å². The normalized spacial score (nSPS) is 11.9. The molecule has 1 atom stereocenters. The second-order valence-corrected chi connectivity index (χ2v) is 24.5. The molecule has 0 fully saturated rings. The Balaban J connectivity index is 4.19. The fraction of sp³-hybridized carbons (Fsp3) is 0.958. The molecule has 77 heavy (non-hydrogen) atoms. The van der Waals surface area contributed by atoms with Crippen molar-refractivity contribution in [3.05, 3.63) is 0 Å². The molecule has 6 nitrogen and oxygen atoms in total. The minimum Gasteiger partial charge on any atom is -0.462 e. The first-order valence-electron chi connectivity index (χ1n) is 35.5. The molecular formula is C71H138O6. The lowest BCUT2D eigenvalue weighted by molar-refractivity contribution is -0.167. The fourth-order valence-electron chi connectivity index (χ4n) is 11.3. The van der Waals surface area contributed by atoms with Crippen molar-refractivity contribution >= 4 is 17.9 Å². The van der Waals surface area contributed by atoms with E-state index in [9.17, 15) is 14.4 Å². The summed E-state index contributed by atoms with van der Waals surface area (Å²) in [5.41, 5.74) is 0. The zero-order chi connectivity index (χ0) is 55.7. The molecule has 0 aromatic rings. The van der Waals surface area contributed by atoms with Gasteiger partial charge in [0.05, 0.1) is 0 Å². The van der Waals surface area contributed by atoms with Gasteiger partial charge < -0.3 is 14.2 Å². The standard InChI is InChI=1S/C71H138O6/c1-4-7-10-13-16-19-22-25-27-29-31-33-35-37-39-41-43-46-49-52-55-58-61-64-70(73)76-67-68(66-75-69(72)63-60-57-54-51-48-45-24-21-18-15-12-9-6-3)77-71(74)65-62-59-56-53-50-47-44-42-40-38-36-34-32-30-28-26-23-20-17-14-11-8-5-2/h68H,4-67H2,1-3H3. The molecule has 0 heterocycles. The van der Waals surface area contributed by atoms with Crippen LogP contribution in [0.3, 0.4) is 0 Å². The van der Waals surface area contributed by atoms with Crippen LogP contribution in [-0.2, 0) is 28.6 Å². The van der Waals surface area contributed by atoms with Crippen LogP contribution in [-0.4, -0.2) is 37.2 Å². The van der Waals surface area contributed by atoms with Crippen LogP contribution < -0.4 is 0 Å². The SMILES string of the molecule is CCCCCCCCCCCCCCCCCCCCCCCCCC(=O)OCC(COC(=O)CCCCCCCCCCCCCCC)OC(=O)CCCCCCCCCCCCCCCCCCCCCCCCC. The molecule has 6 heteroatoms. The van der Waals surface area contributed by atoms with E-state index < -0.39 is 6.10 Å². The van der Waals surface area contributed by atoms with Gasteiger partial charge in [-0.1, -0.05) is 380 Å². The van der Waals surface area contributed by atoms with Gasteiger partial charge in [-0.2, -0.15) is 0 Å². The molecule has 0 amide bonds. The predicted molar refractivity (Wildman–Crippen MR) is 335 cm³/mol. The third kappa shape index (κ3) is 65.1. The molecule has 0 spiro atoms. The Morgan fingerprint density at radius 2 is 0.351 bits per heavy atom. The van der Waals surface area contributed by atoms with E-state index >= 15 is 0 Å².